The van der Waals surface area contributed by atoms with E-state index in [2.05, 4.69) is 39.8 Å². The molecule has 3 unspecified atom stereocenters. The van der Waals surface area contributed by atoms with Crippen molar-refractivity contribution in [3.8, 4) is 0 Å². The number of nitrogens with one attached hydrogen (secondary N) is 1. The Hall–Kier alpha value is -0.870. The lowest BCUT2D eigenvalue weighted by Crippen LogP contribution is -2.54. The molecule has 1 aliphatic carbocycles. The summed E-state index contributed by atoms with van der Waals surface area (Å²) in [6, 6.07) is 1.36. The van der Waals surface area contributed by atoms with E-state index in [1.54, 1.807) is 0 Å². The molecule has 0 saturated heterocycles. The summed E-state index contributed by atoms with van der Waals surface area (Å²) in [5.74, 6) is 2.15. The van der Waals surface area contributed by atoms with Gasteiger partial charge in [0.25, 0.3) is 0 Å². The molecule has 1 saturated carbocycles. The van der Waals surface area contributed by atoms with Crippen LogP contribution in [0.15, 0.2) is 12.4 Å². The first-order valence-corrected chi connectivity index (χ1v) is 8.29. The highest BCUT2D eigenvalue weighted by Gasteiger charge is 2.34. The van der Waals surface area contributed by atoms with E-state index in [1.807, 2.05) is 6.20 Å². The van der Waals surface area contributed by atoms with Crippen LogP contribution in [0.2, 0.25) is 0 Å². The first-order valence-electron chi connectivity index (χ1n) is 8.29. The highest BCUT2D eigenvalue weighted by atomic mass is 15.3. The Morgan fingerprint density at radius 2 is 2.20 bits per heavy atom. The Morgan fingerprint density at radius 3 is 3.00 bits per heavy atom. The van der Waals surface area contributed by atoms with Crippen LogP contribution in [0.25, 0.3) is 0 Å². The van der Waals surface area contributed by atoms with Gasteiger partial charge >= 0.3 is 0 Å². The third kappa shape index (κ3) is 2.77. The van der Waals surface area contributed by atoms with E-state index in [0.29, 0.717) is 12.1 Å². The van der Waals surface area contributed by atoms with Gasteiger partial charge in [0.1, 0.15) is 5.82 Å². The molecule has 0 aromatic carbocycles. The van der Waals surface area contributed by atoms with Crippen molar-refractivity contribution in [2.24, 2.45) is 5.92 Å². The zero-order chi connectivity index (χ0) is 13.9. The van der Waals surface area contributed by atoms with E-state index in [-0.39, 0.29) is 0 Å². The molecular formula is C16H28N4. The smallest absolute Gasteiger partial charge is 0.122 e. The summed E-state index contributed by atoms with van der Waals surface area (Å²) in [7, 11) is 0. The van der Waals surface area contributed by atoms with E-state index in [1.165, 1.54) is 38.1 Å². The van der Waals surface area contributed by atoms with E-state index in [4.69, 9.17) is 0 Å². The van der Waals surface area contributed by atoms with Crippen molar-refractivity contribution in [3.05, 3.63) is 18.2 Å². The number of hydrogen-bond donors (Lipinski definition) is 1. The lowest BCUT2D eigenvalue weighted by Gasteiger charge is -2.44. The van der Waals surface area contributed by atoms with Gasteiger partial charge in [-0.15, -0.1) is 0 Å². The molecule has 20 heavy (non-hydrogen) atoms. The van der Waals surface area contributed by atoms with Crippen LogP contribution in [0.4, 0.5) is 0 Å². The predicted octanol–water partition coefficient (Wildman–Crippen LogP) is 2.26. The Labute approximate surface area is 122 Å². The first-order chi connectivity index (χ1) is 9.81. The van der Waals surface area contributed by atoms with Crippen LogP contribution < -0.4 is 5.32 Å². The van der Waals surface area contributed by atoms with Crippen molar-refractivity contribution < 1.29 is 0 Å². The van der Waals surface area contributed by atoms with E-state index in [0.717, 1.165) is 25.6 Å². The molecule has 4 heteroatoms. The molecule has 1 aliphatic heterocycles. The van der Waals surface area contributed by atoms with Crippen LogP contribution in [0.1, 0.15) is 45.4 Å². The largest absolute Gasteiger partial charge is 0.333 e. The summed E-state index contributed by atoms with van der Waals surface area (Å²) in [4.78, 5) is 7.19. The van der Waals surface area contributed by atoms with Gasteiger partial charge in [-0.3, -0.25) is 4.90 Å². The molecule has 4 nitrogen and oxygen atoms in total. The summed E-state index contributed by atoms with van der Waals surface area (Å²) < 4.78 is 2.30. The molecule has 0 spiro atoms. The molecule has 3 atom stereocenters. The third-order valence-electron chi connectivity index (χ3n) is 5.21. The number of fused-ring (bicyclic) bond motifs is 1. The maximum absolute atomic E-state index is 4.51. The molecule has 112 valence electrons. The minimum absolute atomic E-state index is 0.671. The normalized spacial score (nSPS) is 31.2. The molecule has 3 rings (SSSR count). The fourth-order valence-corrected chi connectivity index (χ4v) is 3.98. The van der Waals surface area contributed by atoms with Gasteiger partial charge in [0.05, 0.1) is 6.54 Å². The number of rotatable bonds is 4. The average Bonchev–Trinajstić information content (AvgIpc) is 2.95. The van der Waals surface area contributed by atoms with Crippen molar-refractivity contribution in [2.75, 3.05) is 13.1 Å². The summed E-state index contributed by atoms with van der Waals surface area (Å²) in [5.41, 5.74) is 0. The molecule has 2 heterocycles. The second-order valence-electron chi connectivity index (χ2n) is 6.33. The van der Waals surface area contributed by atoms with Crippen molar-refractivity contribution in [3.63, 3.8) is 0 Å². The number of likely N-dealkylation sites (N-methyl/N-ethyl adjacent to an activating group) is 1. The fraction of sp³-hybridized carbons (Fsp3) is 0.812. The number of nitrogens with zero attached hydrogens (tertiary/aromatic N) is 3. The van der Waals surface area contributed by atoms with Crippen molar-refractivity contribution >= 4 is 0 Å². The molecule has 1 aromatic heterocycles. The van der Waals surface area contributed by atoms with Gasteiger partial charge in [-0.2, -0.15) is 0 Å². The summed E-state index contributed by atoms with van der Waals surface area (Å²) in [6.07, 6.45) is 9.47. The molecule has 2 aliphatic rings. The zero-order valence-corrected chi connectivity index (χ0v) is 12.9. The lowest BCUT2D eigenvalue weighted by atomic mass is 9.80. The standard InChI is InChI=1S/C16H28N4/c1-3-13-5-6-14(17-4-2)15(11-13)20-10-9-19-8-7-18-16(19)12-20/h7-8,13-15,17H,3-6,9-12H2,1-2H3. The zero-order valence-electron chi connectivity index (χ0n) is 12.9. The third-order valence-corrected chi connectivity index (χ3v) is 5.21. The molecule has 0 bridgehead atoms. The fourth-order valence-electron chi connectivity index (χ4n) is 3.98. The van der Waals surface area contributed by atoms with Crippen LogP contribution in [0.5, 0.6) is 0 Å². The van der Waals surface area contributed by atoms with Crippen LogP contribution >= 0.6 is 0 Å². The van der Waals surface area contributed by atoms with Gasteiger partial charge in [-0.25, -0.2) is 4.98 Å². The lowest BCUT2D eigenvalue weighted by molar-refractivity contribution is 0.0721. The van der Waals surface area contributed by atoms with Gasteiger partial charge < -0.3 is 9.88 Å². The number of imidazole rings is 1. The quantitative estimate of drug-likeness (QED) is 0.915. The molecule has 0 amide bonds. The van der Waals surface area contributed by atoms with Crippen molar-refractivity contribution in [2.45, 2.75) is 64.7 Å². The van der Waals surface area contributed by atoms with Gasteiger partial charge in [0.15, 0.2) is 0 Å². The summed E-state index contributed by atoms with van der Waals surface area (Å²) >= 11 is 0. The predicted molar refractivity (Wildman–Crippen MR) is 81.5 cm³/mol. The van der Waals surface area contributed by atoms with Crippen molar-refractivity contribution in [1.29, 1.82) is 0 Å². The summed E-state index contributed by atoms with van der Waals surface area (Å²) in [5, 5.41) is 3.73. The molecular weight excluding hydrogens is 248 g/mol. The van der Waals surface area contributed by atoms with E-state index in [9.17, 15) is 0 Å². The first kappa shape index (κ1) is 14.1. The number of aromatic nitrogens is 2. The van der Waals surface area contributed by atoms with Crippen LogP contribution in [-0.4, -0.2) is 39.6 Å². The topological polar surface area (TPSA) is 33.1 Å². The second kappa shape index (κ2) is 6.27. The second-order valence-corrected chi connectivity index (χ2v) is 6.33. The maximum Gasteiger partial charge on any atom is 0.122 e. The van der Waals surface area contributed by atoms with Gasteiger partial charge in [0.2, 0.25) is 0 Å². The minimum Gasteiger partial charge on any atom is -0.333 e. The Bertz CT molecular complexity index is 428. The Kier molecular flexibility index (Phi) is 4.41. The van der Waals surface area contributed by atoms with Gasteiger partial charge in [0, 0.05) is 37.6 Å². The molecule has 0 radical (unpaired) electrons. The Morgan fingerprint density at radius 1 is 1.30 bits per heavy atom. The van der Waals surface area contributed by atoms with Crippen LogP contribution in [0.3, 0.4) is 0 Å². The highest BCUT2D eigenvalue weighted by Crippen LogP contribution is 2.31. The van der Waals surface area contributed by atoms with Crippen LogP contribution in [0, 0.1) is 5.92 Å². The Balaban J connectivity index is 1.72. The van der Waals surface area contributed by atoms with E-state index < -0.39 is 0 Å². The molecule has 1 aromatic rings. The highest BCUT2D eigenvalue weighted by molar-refractivity contribution is 4.99. The SMILES string of the molecule is CCNC1CCC(CC)CC1N1CCn2ccnc2C1. The maximum atomic E-state index is 4.51. The van der Waals surface area contributed by atoms with Crippen LogP contribution in [-0.2, 0) is 13.1 Å². The van der Waals surface area contributed by atoms with Gasteiger partial charge in [-0.1, -0.05) is 20.3 Å². The summed E-state index contributed by atoms with van der Waals surface area (Å²) in [6.45, 7) is 8.95. The van der Waals surface area contributed by atoms with Crippen molar-refractivity contribution in [1.82, 2.24) is 19.8 Å². The van der Waals surface area contributed by atoms with Gasteiger partial charge in [-0.05, 0) is 31.7 Å². The minimum atomic E-state index is 0.671. The van der Waals surface area contributed by atoms with E-state index >= 15 is 0 Å². The number of hydrogen-bond acceptors (Lipinski definition) is 3. The average molecular weight is 276 g/mol. The monoisotopic (exact) mass is 276 g/mol. The molecule has 1 fully saturated rings. The molecule has 1 N–H and O–H groups in total.